The fraction of sp³-hybridized carbons (Fsp3) is 0.556. The Balaban J connectivity index is 1.71. The molecule has 0 radical (unpaired) electrons. The number of rotatable bonds is 7. The molecule has 1 aliphatic heterocycles. The zero-order valence-electron chi connectivity index (χ0n) is 13.8. The molecule has 1 heterocycles. The standard InChI is InChI=1S/C18H26N2O3/c1-2-22-17(19)11-18(21)23-14-16-9-6-10-20(13-16)12-15-7-4-3-5-8-15/h3-5,7-8,16,19H,2,6,9-14H2,1H3. The molecule has 0 aromatic heterocycles. The van der Waals surface area contributed by atoms with Gasteiger partial charge >= 0.3 is 5.97 Å². The SMILES string of the molecule is CCOC(=N)CC(=O)OCC1CCCN(Cc2ccccc2)C1. The van der Waals surface area contributed by atoms with Crippen molar-refractivity contribution in [3.8, 4) is 0 Å². The highest BCUT2D eigenvalue weighted by molar-refractivity contribution is 5.92. The molecule has 5 heteroatoms. The van der Waals surface area contributed by atoms with Crippen molar-refractivity contribution in [3.05, 3.63) is 35.9 Å². The summed E-state index contributed by atoms with van der Waals surface area (Å²) in [5.74, 6) is -0.0202. The van der Waals surface area contributed by atoms with E-state index in [1.165, 1.54) is 5.56 Å². The lowest BCUT2D eigenvalue weighted by Gasteiger charge is -2.32. The first-order chi connectivity index (χ1) is 11.2. The smallest absolute Gasteiger partial charge is 0.315 e. The third kappa shape index (κ3) is 6.40. The predicted molar refractivity (Wildman–Crippen MR) is 89.4 cm³/mol. The minimum absolute atomic E-state index is 0.0214. The van der Waals surface area contributed by atoms with Gasteiger partial charge in [-0.15, -0.1) is 0 Å². The van der Waals surface area contributed by atoms with E-state index in [0.29, 0.717) is 19.1 Å². The summed E-state index contributed by atoms with van der Waals surface area (Å²) in [5.41, 5.74) is 1.32. The molecular weight excluding hydrogens is 292 g/mol. The molecule has 1 unspecified atom stereocenters. The second kappa shape index (κ2) is 9.30. The molecule has 1 aromatic rings. The van der Waals surface area contributed by atoms with Crippen molar-refractivity contribution in [2.24, 2.45) is 5.92 Å². The largest absolute Gasteiger partial charge is 0.481 e. The molecule has 0 amide bonds. The highest BCUT2D eigenvalue weighted by atomic mass is 16.5. The molecular formula is C18H26N2O3. The summed E-state index contributed by atoms with van der Waals surface area (Å²) in [4.78, 5) is 14.1. The fourth-order valence-electron chi connectivity index (χ4n) is 2.89. The van der Waals surface area contributed by atoms with E-state index in [1.807, 2.05) is 6.07 Å². The number of ether oxygens (including phenoxy) is 2. The number of nitrogens with zero attached hydrogens (tertiary/aromatic N) is 1. The Bertz CT molecular complexity index is 504. The van der Waals surface area contributed by atoms with E-state index in [9.17, 15) is 4.79 Å². The van der Waals surface area contributed by atoms with E-state index in [4.69, 9.17) is 14.9 Å². The van der Waals surface area contributed by atoms with Crippen LogP contribution in [0.3, 0.4) is 0 Å². The van der Waals surface area contributed by atoms with Crippen LogP contribution in [0.15, 0.2) is 30.3 Å². The number of esters is 1. The van der Waals surface area contributed by atoms with Gasteiger partial charge in [0.2, 0.25) is 0 Å². The van der Waals surface area contributed by atoms with Crippen LogP contribution in [0, 0.1) is 11.3 Å². The molecule has 23 heavy (non-hydrogen) atoms. The highest BCUT2D eigenvalue weighted by Crippen LogP contribution is 2.19. The Hall–Kier alpha value is -1.88. The zero-order valence-corrected chi connectivity index (χ0v) is 13.8. The summed E-state index contributed by atoms with van der Waals surface area (Å²) in [6, 6.07) is 10.4. The van der Waals surface area contributed by atoms with Gasteiger partial charge in [0.15, 0.2) is 5.90 Å². The molecule has 1 aromatic carbocycles. The number of hydrogen-bond acceptors (Lipinski definition) is 5. The van der Waals surface area contributed by atoms with E-state index in [1.54, 1.807) is 6.92 Å². The molecule has 126 valence electrons. The van der Waals surface area contributed by atoms with Crippen LogP contribution in [0.4, 0.5) is 0 Å². The first-order valence-electron chi connectivity index (χ1n) is 8.29. The van der Waals surface area contributed by atoms with Gasteiger partial charge in [0, 0.05) is 19.0 Å². The molecule has 1 N–H and O–H groups in total. The maximum atomic E-state index is 11.7. The van der Waals surface area contributed by atoms with Crippen molar-refractivity contribution in [1.29, 1.82) is 5.41 Å². The summed E-state index contributed by atoms with van der Waals surface area (Å²) in [6.07, 6.45) is 2.14. The number of piperidine rings is 1. The number of carbonyl (C=O) groups excluding carboxylic acids is 1. The molecule has 0 spiro atoms. The van der Waals surface area contributed by atoms with Crippen LogP contribution in [0.1, 0.15) is 31.7 Å². The molecule has 1 fully saturated rings. The monoisotopic (exact) mass is 318 g/mol. The number of benzene rings is 1. The van der Waals surface area contributed by atoms with Crippen LogP contribution in [-0.4, -0.2) is 43.1 Å². The Morgan fingerprint density at radius 2 is 2.09 bits per heavy atom. The van der Waals surface area contributed by atoms with Crippen molar-refractivity contribution in [3.63, 3.8) is 0 Å². The summed E-state index contributed by atoms with van der Waals surface area (Å²) in [5, 5.41) is 7.47. The molecule has 0 aliphatic carbocycles. The molecule has 5 nitrogen and oxygen atoms in total. The van der Waals surface area contributed by atoms with Gasteiger partial charge in [-0.1, -0.05) is 30.3 Å². The van der Waals surface area contributed by atoms with Crippen molar-refractivity contribution >= 4 is 11.9 Å². The average Bonchev–Trinajstić information content (AvgIpc) is 2.54. The zero-order chi connectivity index (χ0) is 16.5. The van der Waals surface area contributed by atoms with Gasteiger partial charge in [-0.05, 0) is 31.9 Å². The lowest BCUT2D eigenvalue weighted by atomic mass is 9.98. The first kappa shape index (κ1) is 17.5. The minimum atomic E-state index is -0.372. The van der Waals surface area contributed by atoms with Crippen LogP contribution < -0.4 is 0 Å². The van der Waals surface area contributed by atoms with Gasteiger partial charge in [0.1, 0.15) is 6.42 Å². The van der Waals surface area contributed by atoms with Crippen molar-refractivity contribution in [2.45, 2.75) is 32.7 Å². The average molecular weight is 318 g/mol. The fourth-order valence-corrected chi connectivity index (χ4v) is 2.89. The van der Waals surface area contributed by atoms with Crippen LogP contribution in [0.25, 0.3) is 0 Å². The summed E-state index contributed by atoms with van der Waals surface area (Å²) in [6.45, 7) is 5.62. The number of likely N-dealkylation sites (tertiary alicyclic amines) is 1. The lowest BCUT2D eigenvalue weighted by Crippen LogP contribution is -2.37. The Labute approximate surface area is 138 Å². The van der Waals surface area contributed by atoms with Crippen LogP contribution in [0.5, 0.6) is 0 Å². The molecule has 0 saturated carbocycles. The topological polar surface area (TPSA) is 62.6 Å². The third-order valence-corrected chi connectivity index (χ3v) is 3.96. The predicted octanol–water partition coefficient (Wildman–Crippen LogP) is 2.85. The molecule has 1 atom stereocenters. The number of hydrogen-bond donors (Lipinski definition) is 1. The maximum absolute atomic E-state index is 11.7. The molecule has 2 rings (SSSR count). The highest BCUT2D eigenvalue weighted by Gasteiger charge is 2.21. The third-order valence-electron chi connectivity index (χ3n) is 3.96. The van der Waals surface area contributed by atoms with Crippen molar-refractivity contribution in [2.75, 3.05) is 26.3 Å². The number of nitrogens with one attached hydrogen (secondary N) is 1. The Kier molecular flexibility index (Phi) is 7.07. The second-order valence-corrected chi connectivity index (χ2v) is 5.94. The summed E-state index contributed by atoms with van der Waals surface area (Å²) >= 11 is 0. The van der Waals surface area contributed by atoms with Crippen molar-refractivity contribution in [1.82, 2.24) is 4.90 Å². The van der Waals surface area contributed by atoms with Gasteiger partial charge in [-0.3, -0.25) is 15.1 Å². The van der Waals surface area contributed by atoms with Gasteiger partial charge in [0.25, 0.3) is 0 Å². The first-order valence-corrected chi connectivity index (χ1v) is 8.29. The van der Waals surface area contributed by atoms with E-state index >= 15 is 0 Å². The molecule has 1 saturated heterocycles. The van der Waals surface area contributed by atoms with Gasteiger partial charge in [-0.2, -0.15) is 0 Å². The summed E-state index contributed by atoms with van der Waals surface area (Å²) in [7, 11) is 0. The van der Waals surface area contributed by atoms with E-state index in [0.717, 1.165) is 32.5 Å². The van der Waals surface area contributed by atoms with Crippen LogP contribution in [0.2, 0.25) is 0 Å². The normalized spacial score (nSPS) is 18.4. The van der Waals surface area contributed by atoms with Gasteiger partial charge < -0.3 is 9.47 Å². The van der Waals surface area contributed by atoms with Crippen molar-refractivity contribution < 1.29 is 14.3 Å². The molecule has 1 aliphatic rings. The Morgan fingerprint density at radius 1 is 1.30 bits per heavy atom. The quantitative estimate of drug-likeness (QED) is 0.477. The van der Waals surface area contributed by atoms with Crippen LogP contribution >= 0.6 is 0 Å². The second-order valence-electron chi connectivity index (χ2n) is 5.94. The van der Waals surface area contributed by atoms with Crippen LogP contribution in [-0.2, 0) is 20.8 Å². The molecule has 0 bridgehead atoms. The maximum Gasteiger partial charge on any atom is 0.315 e. The van der Waals surface area contributed by atoms with Gasteiger partial charge in [0.05, 0.1) is 13.2 Å². The van der Waals surface area contributed by atoms with E-state index in [-0.39, 0.29) is 18.3 Å². The van der Waals surface area contributed by atoms with Gasteiger partial charge in [-0.25, -0.2) is 0 Å². The number of carbonyl (C=O) groups is 1. The minimum Gasteiger partial charge on any atom is -0.481 e. The Morgan fingerprint density at radius 3 is 2.83 bits per heavy atom. The van der Waals surface area contributed by atoms with E-state index in [2.05, 4.69) is 29.2 Å². The van der Waals surface area contributed by atoms with E-state index < -0.39 is 0 Å². The lowest BCUT2D eigenvalue weighted by molar-refractivity contribution is -0.144. The summed E-state index contributed by atoms with van der Waals surface area (Å²) < 4.78 is 10.3.